The molecular formula is C16H19ClFN3O4. The summed E-state index contributed by atoms with van der Waals surface area (Å²) < 4.78 is 13.6. The van der Waals surface area contributed by atoms with E-state index in [1.807, 2.05) is 19.3 Å². The quantitative estimate of drug-likeness (QED) is 0.454. The predicted molar refractivity (Wildman–Crippen MR) is 91.1 cm³/mol. The molecule has 0 spiro atoms. The molecule has 1 atom stereocenters. The maximum Gasteiger partial charge on any atom is 0.423 e. The van der Waals surface area contributed by atoms with Crippen LogP contribution in [-0.4, -0.2) is 29.1 Å². The first kappa shape index (κ1) is 20.4. The zero-order valence-corrected chi connectivity index (χ0v) is 14.4. The lowest BCUT2D eigenvalue weighted by atomic mass is 10.0. The van der Waals surface area contributed by atoms with Crippen LogP contribution in [0.5, 0.6) is 0 Å². The molecule has 0 aromatic heterocycles. The van der Waals surface area contributed by atoms with Gasteiger partial charge in [-0.15, -0.1) is 0 Å². The van der Waals surface area contributed by atoms with E-state index in [1.165, 1.54) is 18.2 Å². The van der Waals surface area contributed by atoms with Crippen LogP contribution < -0.4 is 16.2 Å². The molecule has 1 rings (SSSR count). The highest BCUT2D eigenvalue weighted by Crippen LogP contribution is 2.15. The molecular weight excluding hydrogens is 353 g/mol. The molecule has 1 aromatic carbocycles. The fraction of sp³-hybridized carbons (Fsp3) is 0.312. The third kappa shape index (κ3) is 7.67. The minimum absolute atomic E-state index is 0.0681. The molecule has 0 heterocycles. The molecule has 1 aromatic rings. The van der Waals surface area contributed by atoms with E-state index in [-0.39, 0.29) is 16.5 Å². The molecule has 0 aliphatic heterocycles. The van der Waals surface area contributed by atoms with Crippen molar-refractivity contribution in [3.63, 3.8) is 0 Å². The number of hydrazine groups is 1. The van der Waals surface area contributed by atoms with Crippen LogP contribution in [0.2, 0.25) is 5.02 Å². The monoisotopic (exact) mass is 371 g/mol. The smallest absolute Gasteiger partial charge is 0.423 e. The molecule has 0 saturated carbocycles. The van der Waals surface area contributed by atoms with Crippen molar-refractivity contribution in [1.82, 2.24) is 16.2 Å². The molecule has 0 radical (unpaired) electrons. The second-order valence-electron chi connectivity index (χ2n) is 5.61. The second-order valence-corrected chi connectivity index (χ2v) is 6.05. The Morgan fingerprint density at radius 3 is 2.52 bits per heavy atom. The standard InChI is InChI=1S/C16H19ClFN3O4/c1-9(2)7-13(15(23)20-21-16(24)25)19-14(22)6-4-10-3-5-11(17)8-12(10)18/h3-6,8-9,13,21H,7H2,1-2H3,(H,19,22)(H,20,23)(H,24,25)/b6-4+. The van der Waals surface area contributed by atoms with Crippen molar-refractivity contribution < 1.29 is 23.9 Å². The zero-order valence-electron chi connectivity index (χ0n) is 13.7. The van der Waals surface area contributed by atoms with Crippen LogP contribution in [0.3, 0.4) is 0 Å². The lowest BCUT2D eigenvalue weighted by Gasteiger charge is -2.19. The van der Waals surface area contributed by atoms with Crippen molar-refractivity contribution in [3.05, 3.63) is 40.7 Å². The third-order valence-electron chi connectivity index (χ3n) is 3.01. The average molecular weight is 372 g/mol. The molecule has 0 aliphatic rings. The van der Waals surface area contributed by atoms with Crippen molar-refractivity contribution in [1.29, 1.82) is 0 Å². The van der Waals surface area contributed by atoms with Crippen LogP contribution in [0, 0.1) is 11.7 Å². The van der Waals surface area contributed by atoms with Gasteiger partial charge in [0.1, 0.15) is 11.9 Å². The first-order valence-electron chi connectivity index (χ1n) is 7.41. The molecule has 7 nitrogen and oxygen atoms in total. The Balaban J connectivity index is 2.74. The summed E-state index contributed by atoms with van der Waals surface area (Å²) in [6.07, 6.45) is 1.20. The van der Waals surface area contributed by atoms with Crippen LogP contribution in [0.4, 0.5) is 9.18 Å². The first-order valence-corrected chi connectivity index (χ1v) is 7.79. The average Bonchev–Trinajstić information content (AvgIpc) is 2.50. The molecule has 1 unspecified atom stereocenters. The Labute approximate surface area is 149 Å². The lowest BCUT2D eigenvalue weighted by Crippen LogP contribution is -2.52. The second kappa shape index (κ2) is 9.63. The molecule has 0 aliphatic carbocycles. The summed E-state index contributed by atoms with van der Waals surface area (Å²) >= 11 is 5.65. The van der Waals surface area contributed by atoms with Crippen molar-refractivity contribution in [2.75, 3.05) is 0 Å². The van der Waals surface area contributed by atoms with Crippen LogP contribution in [0.15, 0.2) is 24.3 Å². The molecule has 3 amide bonds. The minimum Gasteiger partial charge on any atom is -0.464 e. The fourth-order valence-corrected chi connectivity index (χ4v) is 2.09. The Kier molecular flexibility index (Phi) is 7.87. The first-order chi connectivity index (χ1) is 11.7. The summed E-state index contributed by atoms with van der Waals surface area (Å²) in [6.45, 7) is 3.69. The summed E-state index contributed by atoms with van der Waals surface area (Å²) in [4.78, 5) is 34.3. The van der Waals surface area contributed by atoms with Crippen LogP contribution in [0.25, 0.3) is 6.08 Å². The number of amides is 3. The molecule has 9 heteroatoms. The fourth-order valence-electron chi connectivity index (χ4n) is 1.93. The Morgan fingerprint density at radius 1 is 1.28 bits per heavy atom. The molecule has 0 fully saturated rings. The maximum atomic E-state index is 13.6. The van der Waals surface area contributed by atoms with Gasteiger partial charge in [0.2, 0.25) is 5.91 Å². The maximum absolute atomic E-state index is 13.6. The van der Waals surface area contributed by atoms with Gasteiger partial charge in [-0.1, -0.05) is 31.5 Å². The molecule has 136 valence electrons. The molecule has 25 heavy (non-hydrogen) atoms. The van der Waals surface area contributed by atoms with Gasteiger partial charge in [-0.3, -0.25) is 15.0 Å². The van der Waals surface area contributed by atoms with Crippen LogP contribution in [-0.2, 0) is 9.59 Å². The van der Waals surface area contributed by atoms with Crippen molar-refractivity contribution in [2.24, 2.45) is 5.92 Å². The van der Waals surface area contributed by atoms with E-state index < -0.39 is 29.8 Å². The van der Waals surface area contributed by atoms with E-state index in [9.17, 15) is 18.8 Å². The molecule has 0 bridgehead atoms. The van der Waals surface area contributed by atoms with Crippen molar-refractivity contribution in [3.8, 4) is 0 Å². The number of carbonyl (C=O) groups is 3. The predicted octanol–water partition coefficient (Wildman–Crippen LogP) is 2.32. The van der Waals surface area contributed by atoms with E-state index >= 15 is 0 Å². The Bertz CT molecular complexity index is 679. The molecule has 0 saturated heterocycles. The van der Waals surface area contributed by atoms with Gasteiger partial charge in [-0.05, 0) is 30.5 Å². The third-order valence-corrected chi connectivity index (χ3v) is 3.24. The van der Waals surface area contributed by atoms with Gasteiger partial charge >= 0.3 is 6.09 Å². The van der Waals surface area contributed by atoms with Crippen LogP contribution >= 0.6 is 11.6 Å². The summed E-state index contributed by atoms with van der Waals surface area (Å²) in [5.74, 6) is -1.83. The van der Waals surface area contributed by atoms with Crippen molar-refractivity contribution >= 4 is 35.6 Å². The normalized spacial score (nSPS) is 12.0. The zero-order chi connectivity index (χ0) is 19.0. The van der Waals surface area contributed by atoms with Gasteiger partial charge < -0.3 is 10.4 Å². The number of carbonyl (C=O) groups excluding carboxylic acids is 2. The SMILES string of the molecule is CC(C)CC(NC(=O)/C=C/c1ccc(Cl)cc1F)C(=O)NNC(=O)O. The highest BCUT2D eigenvalue weighted by molar-refractivity contribution is 6.30. The largest absolute Gasteiger partial charge is 0.464 e. The van der Waals surface area contributed by atoms with E-state index in [2.05, 4.69) is 5.32 Å². The van der Waals surface area contributed by atoms with Gasteiger partial charge in [0.05, 0.1) is 0 Å². The van der Waals surface area contributed by atoms with E-state index in [0.29, 0.717) is 6.42 Å². The van der Waals surface area contributed by atoms with Crippen LogP contribution in [0.1, 0.15) is 25.8 Å². The highest BCUT2D eigenvalue weighted by Gasteiger charge is 2.21. The molecule has 4 N–H and O–H groups in total. The summed E-state index contributed by atoms with van der Waals surface area (Å²) in [5, 5.41) is 11.2. The highest BCUT2D eigenvalue weighted by atomic mass is 35.5. The number of carboxylic acid groups (broad SMARTS) is 1. The van der Waals surface area contributed by atoms with Crippen molar-refractivity contribution in [2.45, 2.75) is 26.3 Å². The number of hydrogen-bond donors (Lipinski definition) is 4. The lowest BCUT2D eigenvalue weighted by molar-refractivity contribution is -0.128. The Morgan fingerprint density at radius 2 is 1.96 bits per heavy atom. The number of halogens is 2. The number of benzene rings is 1. The number of nitrogens with one attached hydrogen (secondary N) is 3. The van der Waals surface area contributed by atoms with Gasteiger partial charge in [0.25, 0.3) is 5.91 Å². The van der Waals surface area contributed by atoms with Gasteiger partial charge in [-0.2, -0.15) is 0 Å². The topological polar surface area (TPSA) is 108 Å². The van der Waals surface area contributed by atoms with Gasteiger partial charge in [0, 0.05) is 16.7 Å². The van der Waals surface area contributed by atoms with E-state index in [1.54, 1.807) is 5.43 Å². The summed E-state index contributed by atoms with van der Waals surface area (Å²) in [6, 6.07) is 3.07. The van der Waals surface area contributed by atoms with Gasteiger partial charge in [0.15, 0.2) is 0 Å². The van der Waals surface area contributed by atoms with E-state index in [4.69, 9.17) is 16.7 Å². The number of hydrogen-bond acceptors (Lipinski definition) is 3. The summed E-state index contributed by atoms with van der Waals surface area (Å²) in [5.41, 5.74) is 3.87. The Hall–Kier alpha value is -2.61. The van der Waals surface area contributed by atoms with Gasteiger partial charge in [-0.25, -0.2) is 14.6 Å². The number of rotatable bonds is 6. The minimum atomic E-state index is -1.43. The summed E-state index contributed by atoms with van der Waals surface area (Å²) in [7, 11) is 0. The van der Waals surface area contributed by atoms with E-state index in [0.717, 1.165) is 12.1 Å².